The van der Waals surface area contributed by atoms with E-state index in [1.54, 1.807) is 60.8 Å². The lowest BCUT2D eigenvalue weighted by atomic mass is 10.2. The maximum atomic E-state index is 13.6. The van der Waals surface area contributed by atoms with Gasteiger partial charge in [-0.1, -0.05) is 59.6 Å². The van der Waals surface area contributed by atoms with Gasteiger partial charge in [-0.15, -0.1) is 0 Å². The first-order valence-electron chi connectivity index (χ1n) is 10.4. The van der Waals surface area contributed by atoms with Crippen molar-refractivity contribution in [3.8, 4) is 0 Å². The molecule has 0 unspecified atom stereocenters. The molecule has 0 aliphatic carbocycles. The molecule has 1 N–H and O–H groups in total. The predicted molar refractivity (Wildman–Crippen MR) is 135 cm³/mol. The summed E-state index contributed by atoms with van der Waals surface area (Å²) in [6, 6.07) is 22.2. The van der Waals surface area contributed by atoms with Gasteiger partial charge in [-0.3, -0.25) is 14.1 Å². The van der Waals surface area contributed by atoms with E-state index in [9.17, 15) is 13.2 Å². The van der Waals surface area contributed by atoms with Crippen molar-refractivity contribution < 1.29 is 13.2 Å². The van der Waals surface area contributed by atoms with Crippen LogP contribution in [0.4, 0.5) is 5.69 Å². The van der Waals surface area contributed by atoms with Crippen LogP contribution >= 0.6 is 11.6 Å². The zero-order valence-electron chi connectivity index (χ0n) is 18.2. The minimum absolute atomic E-state index is 0.0706. The molecule has 0 bridgehead atoms. The Bertz CT molecular complexity index is 1470. The van der Waals surface area contributed by atoms with Gasteiger partial charge in [0.2, 0.25) is 0 Å². The van der Waals surface area contributed by atoms with Gasteiger partial charge in [0, 0.05) is 16.6 Å². The Hall–Kier alpha value is -3.75. The second-order valence-corrected chi connectivity index (χ2v) is 9.82. The number of hydrogen-bond acceptors (Lipinski definition) is 5. The number of aryl methyl sites for hydroxylation is 1. The Labute approximate surface area is 202 Å². The van der Waals surface area contributed by atoms with Crippen molar-refractivity contribution in [3.63, 3.8) is 0 Å². The summed E-state index contributed by atoms with van der Waals surface area (Å²) >= 11 is 5.96. The summed E-state index contributed by atoms with van der Waals surface area (Å²) < 4.78 is 28.3. The van der Waals surface area contributed by atoms with Gasteiger partial charge in [-0.2, -0.15) is 5.10 Å². The summed E-state index contributed by atoms with van der Waals surface area (Å²) in [5, 5.41) is 5.23. The van der Waals surface area contributed by atoms with E-state index in [0.717, 1.165) is 15.3 Å². The first-order chi connectivity index (χ1) is 16.3. The number of nitrogens with one attached hydrogen (secondary N) is 1. The number of hydrogen-bond donors (Lipinski definition) is 1. The number of pyridine rings is 1. The smallest absolute Gasteiger partial charge is 0.264 e. The van der Waals surface area contributed by atoms with Gasteiger partial charge >= 0.3 is 0 Å². The Kier molecular flexibility index (Phi) is 6.90. The number of carbonyl (C=O) groups is 1. The summed E-state index contributed by atoms with van der Waals surface area (Å²) in [4.78, 5) is 17.2. The van der Waals surface area contributed by atoms with E-state index in [4.69, 9.17) is 11.6 Å². The number of halogens is 1. The van der Waals surface area contributed by atoms with Crippen LogP contribution in [0.5, 0.6) is 0 Å². The number of para-hydroxylation sites is 1. The number of amides is 1. The lowest BCUT2D eigenvalue weighted by Crippen LogP contribution is -2.39. The molecule has 0 saturated carbocycles. The van der Waals surface area contributed by atoms with Crippen LogP contribution in [-0.4, -0.2) is 32.1 Å². The van der Waals surface area contributed by atoms with Crippen molar-refractivity contribution in [2.45, 2.75) is 11.8 Å². The fourth-order valence-corrected chi connectivity index (χ4v) is 4.98. The quantitative estimate of drug-likeness (QED) is 0.303. The highest BCUT2D eigenvalue weighted by atomic mass is 35.5. The van der Waals surface area contributed by atoms with Gasteiger partial charge in [-0.05, 0) is 48.9 Å². The number of sulfonamides is 1. The van der Waals surface area contributed by atoms with Crippen LogP contribution in [0, 0.1) is 6.92 Å². The van der Waals surface area contributed by atoms with E-state index >= 15 is 0 Å². The maximum Gasteiger partial charge on any atom is 0.264 e. The average molecular weight is 493 g/mol. The molecule has 0 aliphatic heterocycles. The molecule has 0 atom stereocenters. The lowest BCUT2D eigenvalue weighted by molar-refractivity contribution is -0.119. The molecule has 3 aromatic carbocycles. The summed E-state index contributed by atoms with van der Waals surface area (Å²) in [6.45, 7) is 1.38. The molecular formula is C25H21ClN4O3S. The molecule has 4 rings (SSSR count). The lowest BCUT2D eigenvalue weighted by Gasteiger charge is -2.24. The maximum absolute atomic E-state index is 13.6. The van der Waals surface area contributed by atoms with Crippen molar-refractivity contribution >= 4 is 50.3 Å². The first-order valence-corrected chi connectivity index (χ1v) is 12.2. The van der Waals surface area contributed by atoms with Crippen molar-refractivity contribution in [3.05, 3.63) is 101 Å². The predicted octanol–water partition coefficient (Wildman–Crippen LogP) is 4.54. The van der Waals surface area contributed by atoms with Crippen LogP contribution in [0.15, 0.2) is 95.1 Å². The van der Waals surface area contributed by atoms with Gasteiger partial charge < -0.3 is 0 Å². The third-order valence-electron chi connectivity index (χ3n) is 5.03. The number of rotatable bonds is 7. The van der Waals surface area contributed by atoms with Crippen molar-refractivity contribution in [2.75, 3.05) is 10.8 Å². The van der Waals surface area contributed by atoms with Gasteiger partial charge in [0.15, 0.2) is 0 Å². The third kappa shape index (κ3) is 5.24. The normalized spacial score (nSPS) is 11.6. The second-order valence-electron chi connectivity index (χ2n) is 7.53. The van der Waals surface area contributed by atoms with Gasteiger partial charge in [0.05, 0.1) is 22.3 Å². The first kappa shape index (κ1) is 23.4. The highest BCUT2D eigenvalue weighted by Crippen LogP contribution is 2.29. The number of anilines is 1. The fraction of sp³-hybridized carbons (Fsp3) is 0.0800. The molecule has 172 valence electrons. The van der Waals surface area contributed by atoms with Crippen molar-refractivity contribution in [1.82, 2.24) is 10.4 Å². The Morgan fingerprint density at radius 2 is 1.79 bits per heavy atom. The number of benzene rings is 3. The van der Waals surface area contributed by atoms with Gasteiger partial charge in [-0.25, -0.2) is 13.8 Å². The van der Waals surface area contributed by atoms with Crippen LogP contribution < -0.4 is 9.73 Å². The number of hydrazone groups is 1. The van der Waals surface area contributed by atoms with Crippen LogP contribution in [-0.2, 0) is 14.8 Å². The van der Waals surface area contributed by atoms with E-state index in [0.29, 0.717) is 21.8 Å². The van der Waals surface area contributed by atoms with Crippen LogP contribution in [0.25, 0.3) is 10.9 Å². The molecule has 1 heterocycles. The molecule has 0 spiro atoms. The van der Waals surface area contributed by atoms with Crippen LogP contribution in [0.1, 0.15) is 11.1 Å². The van der Waals surface area contributed by atoms with E-state index in [1.165, 1.54) is 18.3 Å². The molecule has 0 radical (unpaired) electrons. The van der Waals surface area contributed by atoms with Crippen molar-refractivity contribution in [1.29, 1.82) is 0 Å². The summed E-state index contributed by atoms with van der Waals surface area (Å²) in [6.07, 6.45) is 3.01. The monoisotopic (exact) mass is 492 g/mol. The Balaban J connectivity index is 1.68. The van der Waals surface area contributed by atoms with Gasteiger partial charge in [0.25, 0.3) is 15.9 Å². The van der Waals surface area contributed by atoms with Gasteiger partial charge in [0.1, 0.15) is 6.54 Å². The molecule has 0 saturated heterocycles. The molecule has 1 aromatic heterocycles. The molecule has 9 heteroatoms. The topological polar surface area (TPSA) is 91.7 Å². The SMILES string of the molecule is Cc1ccc(S(=O)(=O)N(CC(=O)N/N=C\c2cccc(Cl)c2)c2cccc3cccnc23)cc1. The molecule has 4 aromatic rings. The molecule has 7 nitrogen and oxygen atoms in total. The van der Waals surface area contributed by atoms with Crippen molar-refractivity contribution in [2.24, 2.45) is 5.10 Å². The number of carbonyl (C=O) groups excluding carboxylic acids is 1. The molecular weight excluding hydrogens is 472 g/mol. The molecule has 34 heavy (non-hydrogen) atoms. The summed E-state index contributed by atoms with van der Waals surface area (Å²) in [5.41, 5.74) is 4.77. The van der Waals surface area contributed by atoms with E-state index < -0.39 is 22.5 Å². The van der Waals surface area contributed by atoms with E-state index in [2.05, 4.69) is 15.5 Å². The number of fused-ring (bicyclic) bond motifs is 1. The fourth-order valence-electron chi connectivity index (χ4n) is 3.36. The largest absolute Gasteiger partial charge is 0.271 e. The standard InChI is InChI=1S/C25H21ClN4O3S/c1-18-10-12-22(13-11-18)34(32,33)30(23-9-3-6-20-7-4-14-27-25(20)23)17-24(31)29-28-16-19-5-2-8-21(26)15-19/h2-16H,17H2,1H3,(H,29,31)/b28-16-. The summed E-state index contributed by atoms with van der Waals surface area (Å²) in [5.74, 6) is -0.609. The Morgan fingerprint density at radius 3 is 2.56 bits per heavy atom. The van der Waals surface area contributed by atoms with Crippen LogP contribution in [0.2, 0.25) is 5.02 Å². The zero-order chi connectivity index (χ0) is 24.1. The number of aromatic nitrogens is 1. The Morgan fingerprint density at radius 1 is 1.06 bits per heavy atom. The molecule has 0 fully saturated rings. The summed E-state index contributed by atoms with van der Waals surface area (Å²) in [7, 11) is -4.08. The van der Waals surface area contributed by atoms with E-state index in [-0.39, 0.29) is 4.90 Å². The minimum atomic E-state index is -4.08. The number of nitrogens with zero attached hydrogens (tertiary/aromatic N) is 3. The average Bonchev–Trinajstić information content (AvgIpc) is 2.82. The third-order valence-corrected chi connectivity index (χ3v) is 7.04. The highest BCUT2D eigenvalue weighted by molar-refractivity contribution is 7.92. The van der Waals surface area contributed by atoms with E-state index in [1.807, 2.05) is 19.1 Å². The van der Waals surface area contributed by atoms with Crippen LogP contribution in [0.3, 0.4) is 0 Å². The minimum Gasteiger partial charge on any atom is -0.271 e. The second kappa shape index (κ2) is 10.0. The highest BCUT2D eigenvalue weighted by Gasteiger charge is 2.28. The molecule has 0 aliphatic rings. The molecule has 1 amide bonds. The zero-order valence-corrected chi connectivity index (χ0v) is 19.8.